The Labute approximate surface area is 121 Å². The molecule has 1 amide bonds. The van der Waals surface area contributed by atoms with Crippen molar-refractivity contribution in [1.29, 1.82) is 0 Å². The Kier molecular flexibility index (Phi) is 4.61. The first kappa shape index (κ1) is 14.6. The minimum absolute atomic E-state index is 0.0473. The fourth-order valence-corrected chi connectivity index (χ4v) is 1.86. The minimum atomic E-state index is -1.08. The van der Waals surface area contributed by atoms with Crippen LogP contribution in [0.15, 0.2) is 41.0 Å². The molecule has 0 saturated carbocycles. The van der Waals surface area contributed by atoms with Gasteiger partial charge >= 0.3 is 5.97 Å². The standard InChI is InChI=1S/C15H15NO5/c1-20-13-9-10(4-6-12(13)15(18)19)16-14(17)7-5-11-3-2-8-21-11/h2-4,6,8-9H,5,7H2,1H3,(H,16,17)(H,18,19). The van der Waals surface area contributed by atoms with E-state index in [1.165, 1.54) is 25.3 Å². The van der Waals surface area contributed by atoms with E-state index in [0.717, 1.165) is 5.76 Å². The number of furan rings is 1. The zero-order valence-electron chi connectivity index (χ0n) is 11.5. The summed E-state index contributed by atoms with van der Waals surface area (Å²) in [7, 11) is 1.38. The highest BCUT2D eigenvalue weighted by molar-refractivity contribution is 5.94. The molecule has 0 saturated heterocycles. The minimum Gasteiger partial charge on any atom is -0.496 e. The van der Waals surface area contributed by atoms with Crippen molar-refractivity contribution in [1.82, 2.24) is 0 Å². The van der Waals surface area contributed by atoms with Crippen LogP contribution in [0.3, 0.4) is 0 Å². The fraction of sp³-hybridized carbons (Fsp3) is 0.200. The van der Waals surface area contributed by atoms with Gasteiger partial charge in [0.25, 0.3) is 0 Å². The van der Waals surface area contributed by atoms with Crippen molar-refractivity contribution in [2.45, 2.75) is 12.8 Å². The first-order valence-corrected chi connectivity index (χ1v) is 6.33. The smallest absolute Gasteiger partial charge is 0.339 e. The van der Waals surface area contributed by atoms with Crippen molar-refractivity contribution in [3.8, 4) is 5.75 Å². The third kappa shape index (κ3) is 3.85. The molecule has 1 heterocycles. The summed E-state index contributed by atoms with van der Waals surface area (Å²) >= 11 is 0. The number of carboxylic acid groups (broad SMARTS) is 1. The molecule has 2 rings (SSSR count). The van der Waals surface area contributed by atoms with E-state index in [1.807, 2.05) is 0 Å². The van der Waals surface area contributed by atoms with Crippen molar-refractivity contribution in [2.75, 3.05) is 12.4 Å². The average molecular weight is 289 g/mol. The van der Waals surface area contributed by atoms with Gasteiger partial charge in [-0.15, -0.1) is 0 Å². The Hall–Kier alpha value is -2.76. The van der Waals surface area contributed by atoms with Crippen LogP contribution in [-0.4, -0.2) is 24.1 Å². The van der Waals surface area contributed by atoms with E-state index in [0.29, 0.717) is 12.1 Å². The van der Waals surface area contributed by atoms with Crippen molar-refractivity contribution < 1.29 is 23.8 Å². The summed E-state index contributed by atoms with van der Waals surface area (Å²) in [6.07, 6.45) is 2.34. The SMILES string of the molecule is COc1cc(NC(=O)CCc2ccco2)ccc1C(=O)O. The van der Waals surface area contributed by atoms with E-state index in [1.54, 1.807) is 18.4 Å². The normalized spacial score (nSPS) is 10.1. The van der Waals surface area contributed by atoms with E-state index >= 15 is 0 Å². The Balaban J connectivity index is 1.99. The molecule has 0 radical (unpaired) electrons. The number of nitrogens with one attached hydrogen (secondary N) is 1. The zero-order valence-corrected chi connectivity index (χ0v) is 11.5. The van der Waals surface area contributed by atoms with Crippen LogP contribution in [0.5, 0.6) is 5.75 Å². The van der Waals surface area contributed by atoms with Crippen molar-refractivity contribution in [2.24, 2.45) is 0 Å². The van der Waals surface area contributed by atoms with Gasteiger partial charge in [0, 0.05) is 24.6 Å². The molecule has 0 aliphatic carbocycles. The molecule has 21 heavy (non-hydrogen) atoms. The van der Waals surface area contributed by atoms with Crippen molar-refractivity contribution in [3.05, 3.63) is 47.9 Å². The lowest BCUT2D eigenvalue weighted by Gasteiger charge is -2.09. The molecule has 6 heteroatoms. The molecule has 0 aliphatic heterocycles. The maximum atomic E-state index is 11.8. The number of carboxylic acids is 1. The van der Waals surface area contributed by atoms with Gasteiger partial charge in [0.15, 0.2) is 0 Å². The summed E-state index contributed by atoms with van der Waals surface area (Å²) in [5.41, 5.74) is 0.535. The highest BCUT2D eigenvalue weighted by Crippen LogP contribution is 2.23. The predicted octanol–water partition coefficient (Wildman–Crippen LogP) is 2.56. The van der Waals surface area contributed by atoms with E-state index in [2.05, 4.69) is 5.32 Å². The molecule has 0 spiro atoms. The number of benzene rings is 1. The summed E-state index contributed by atoms with van der Waals surface area (Å²) < 4.78 is 10.1. The van der Waals surface area contributed by atoms with Crippen LogP contribution in [0, 0.1) is 0 Å². The van der Waals surface area contributed by atoms with Crippen LogP contribution in [0.4, 0.5) is 5.69 Å². The number of carbonyl (C=O) groups is 2. The van der Waals surface area contributed by atoms with Gasteiger partial charge in [-0.3, -0.25) is 4.79 Å². The summed E-state index contributed by atoms with van der Waals surface area (Å²) in [5.74, 6) is -0.325. The molecule has 2 aromatic rings. The number of ether oxygens (including phenoxy) is 1. The summed E-state index contributed by atoms with van der Waals surface area (Å²) in [4.78, 5) is 22.8. The third-order valence-electron chi connectivity index (χ3n) is 2.89. The molecular weight excluding hydrogens is 274 g/mol. The van der Waals surface area contributed by atoms with Gasteiger partial charge in [-0.25, -0.2) is 4.79 Å². The molecule has 6 nitrogen and oxygen atoms in total. The zero-order chi connectivity index (χ0) is 15.2. The van der Waals surface area contributed by atoms with Crippen LogP contribution in [0.1, 0.15) is 22.5 Å². The quantitative estimate of drug-likeness (QED) is 0.853. The summed E-state index contributed by atoms with van der Waals surface area (Å²) in [5, 5.41) is 11.7. The van der Waals surface area contributed by atoms with E-state index in [-0.39, 0.29) is 23.6 Å². The van der Waals surface area contributed by atoms with Crippen LogP contribution >= 0.6 is 0 Å². The van der Waals surface area contributed by atoms with Crippen LogP contribution in [-0.2, 0) is 11.2 Å². The number of rotatable bonds is 6. The van der Waals surface area contributed by atoms with Crippen molar-refractivity contribution >= 4 is 17.6 Å². The van der Waals surface area contributed by atoms with Gasteiger partial charge in [-0.1, -0.05) is 0 Å². The van der Waals surface area contributed by atoms with Crippen LogP contribution < -0.4 is 10.1 Å². The number of hydrogen-bond donors (Lipinski definition) is 2. The number of amides is 1. The molecule has 2 N–H and O–H groups in total. The topological polar surface area (TPSA) is 88.8 Å². The van der Waals surface area contributed by atoms with Crippen molar-refractivity contribution in [3.63, 3.8) is 0 Å². The summed E-state index contributed by atoms with van der Waals surface area (Å²) in [6, 6.07) is 7.97. The van der Waals surface area contributed by atoms with E-state index in [4.69, 9.17) is 14.3 Å². The lowest BCUT2D eigenvalue weighted by molar-refractivity contribution is -0.116. The largest absolute Gasteiger partial charge is 0.496 e. The Morgan fingerprint density at radius 2 is 2.14 bits per heavy atom. The number of methoxy groups -OCH3 is 1. The fourth-order valence-electron chi connectivity index (χ4n) is 1.86. The van der Waals surface area contributed by atoms with Gasteiger partial charge in [-0.2, -0.15) is 0 Å². The predicted molar refractivity (Wildman–Crippen MR) is 75.6 cm³/mol. The molecule has 110 valence electrons. The Bertz CT molecular complexity index is 634. The maximum Gasteiger partial charge on any atom is 0.339 e. The lowest BCUT2D eigenvalue weighted by Crippen LogP contribution is -2.12. The number of carbonyl (C=O) groups excluding carboxylic acids is 1. The van der Waals surface area contributed by atoms with Gasteiger partial charge < -0.3 is 19.6 Å². The number of aryl methyl sites for hydroxylation is 1. The number of anilines is 1. The molecule has 0 aliphatic rings. The number of aromatic carboxylic acids is 1. The second-order valence-electron chi connectivity index (χ2n) is 4.35. The average Bonchev–Trinajstić information content (AvgIpc) is 2.98. The van der Waals surface area contributed by atoms with Gasteiger partial charge in [0.2, 0.25) is 5.91 Å². The summed E-state index contributed by atoms with van der Waals surface area (Å²) in [6.45, 7) is 0. The van der Waals surface area contributed by atoms with E-state index in [9.17, 15) is 9.59 Å². The van der Waals surface area contributed by atoms with Crippen LogP contribution in [0.25, 0.3) is 0 Å². The number of hydrogen-bond acceptors (Lipinski definition) is 4. The molecule has 0 atom stereocenters. The van der Waals surface area contributed by atoms with Gasteiger partial charge in [0.05, 0.1) is 13.4 Å². The second kappa shape index (κ2) is 6.60. The Morgan fingerprint density at radius 1 is 1.33 bits per heavy atom. The maximum absolute atomic E-state index is 11.8. The first-order valence-electron chi connectivity index (χ1n) is 6.33. The second-order valence-corrected chi connectivity index (χ2v) is 4.35. The molecule has 0 unspecified atom stereocenters. The van der Waals surface area contributed by atoms with Gasteiger partial charge in [0.1, 0.15) is 17.1 Å². The van der Waals surface area contributed by atoms with Crippen LogP contribution in [0.2, 0.25) is 0 Å². The third-order valence-corrected chi connectivity index (χ3v) is 2.89. The molecule has 0 fully saturated rings. The molecule has 1 aromatic carbocycles. The monoisotopic (exact) mass is 289 g/mol. The van der Waals surface area contributed by atoms with Gasteiger partial charge in [-0.05, 0) is 24.3 Å². The highest BCUT2D eigenvalue weighted by atomic mass is 16.5. The lowest BCUT2D eigenvalue weighted by atomic mass is 10.1. The highest BCUT2D eigenvalue weighted by Gasteiger charge is 2.12. The first-order chi connectivity index (χ1) is 10.1. The van der Waals surface area contributed by atoms with E-state index < -0.39 is 5.97 Å². The molecule has 1 aromatic heterocycles. The molecular formula is C15H15NO5. The molecule has 0 bridgehead atoms. The Morgan fingerprint density at radius 3 is 2.76 bits per heavy atom.